The molecule has 0 aliphatic carbocycles. The molecule has 0 bridgehead atoms. The van der Waals surface area contributed by atoms with Crippen LogP contribution in [0.4, 0.5) is 0 Å². The second kappa shape index (κ2) is 6.46. The largest absolute Gasteiger partial charge is 0.340 e. The van der Waals surface area contributed by atoms with Gasteiger partial charge in [0.15, 0.2) is 0 Å². The van der Waals surface area contributed by atoms with Crippen LogP contribution in [-0.4, -0.2) is 26.7 Å². The molecule has 0 radical (unpaired) electrons. The van der Waals surface area contributed by atoms with E-state index in [0.29, 0.717) is 23.4 Å². The van der Waals surface area contributed by atoms with Crippen molar-refractivity contribution >= 4 is 22.8 Å². The van der Waals surface area contributed by atoms with E-state index in [-0.39, 0.29) is 11.8 Å². The van der Waals surface area contributed by atoms with Crippen LogP contribution in [0.25, 0.3) is 11.0 Å². The smallest absolute Gasteiger partial charge is 0.262 e. The summed E-state index contributed by atoms with van der Waals surface area (Å²) in [5.41, 5.74) is 3.62. The Balaban J connectivity index is 1.62. The predicted molar refractivity (Wildman–Crippen MR) is 106 cm³/mol. The van der Waals surface area contributed by atoms with Gasteiger partial charge in [0.2, 0.25) is 0 Å². The first-order chi connectivity index (χ1) is 13.7. The minimum atomic E-state index is -0.512. The number of hydrogen-bond donors (Lipinski definition) is 1. The van der Waals surface area contributed by atoms with Gasteiger partial charge in [0.05, 0.1) is 22.2 Å². The molecule has 1 aliphatic rings. The Morgan fingerprint density at radius 3 is 2.07 bits per heavy atom. The molecule has 0 spiro atoms. The van der Waals surface area contributed by atoms with Crippen molar-refractivity contribution in [2.75, 3.05) is 0 Å². The van der Waals surface area contributed by atoms with Gasteiger partial charge >= 0.3 is 0 Å². The van der Waals surface area contributed by atoms with Crippen molar-refractivity contribution < 1.29 is 9.59 Å². The highest BCUT2D eigenvalue weighted by Crippen LogP contribution is 2.33. The lowest BCUT2D eigenvalue weighted by molar-refractivity contribution is 0.0575. The predicted octanol–water partition coefficient (Wildman–Crippen LogP) is 4.14. The molecule has 1 aromatic heterocycles. The second-order valence-electron chi connectivity index (χ2n) is 6.87. The van der Waals surface area contributed by atoms with Crippen LogP contribution in [0.15, 0.2) is 78.9 Å². The number of nitrogens with one attached hydrogen (secondary N) is 1. The second-order valence-corrected chi connectivity index (χ2v) is 6.87. The van der Waals surface area contributed by atoms with Crippen LogP contribution < -0.4 is 0 Å². The van der Waals surface area contributed by atoms with E-state index < -0.39 is 6.04 Å². The maximum Gasteiger partial charge on any atom is 0.262 e. The molecule has 3 aromatic carbocycles. The van der Waals surface area contributed by atoms with E-state index in [2.05, 4.69) is 9.97 Å². The molecule has 4 aromatic rings. The third kappa shape index (κ3) is 2.60. The van der Waals surface area contributed by atoms with Crippen LogP contribution in [-0.2, 0) is 6.42 Å². The summed E-state index contributed by atoms with van der Waals surface area (Å²) in [7, 11) is 0. The van der Waals surface area contributed by atoms with E-state index in [1.165, 1.54) is 4.90 Å². The van der Waals surface area contributed by atoms with Crippen LogP contribution in [0, 0.1) is 0 Å². The number of carbonyl (C=O) groups is 2. The van der Waals surface area contributed by atoms with Crippen molar-refractivity contribution in [3.63, 3.8) is 0 Å². The average Bonchev–Trinajstić information content (AvgIpc) is 3.27. The Bertz CT molecular complexity index is 1130. The summed E-state index contributed by atoms with van der Waals surface area (Å²) in [6, 6.07) is 24.0. The number of rotatable bonds is 4. The number of benzene rings is 3. The Hall–Kier alpha value is -3.73. The summed E-state index contributed by atoms with van der Waals surface area (Å²) >= 11 is 0. The van der Waals surface area contributed by atoms with Gasteiger partial charge in [-0.1, -0.05) is 54.6 Å². The first kappa shape index (κ1) is 16.4. The van der Waals surface area contributed by atoms with Crippen LogP contribution >= 0.6 is 0 Å². The van der Waals surface area contributed by atoms with E-state index in [9.17, 15) is 9.59 Å². The minimum absolute atomic E-state index is 0.276. The van der Waals surface area contributed by atoms with Gasteiger partial charge in [0, 0.05) is 6.42 Å². The molecule has 2 heterocycles. The van der Waals surface area contributed by atoms with Gasteiger partial charge in [-0.3, -0.25) is 14.5 Å². The van der Waals surface area contributed by atoms with Crippen LogP contribution in [0.1, 0.15) is 38.1 Å². The Morgan fingerprint density at radius 2 is 1.39 bits per heavy atom. The summed E-state index contributed by atoms with van der Waals surface area (Å²) in [5, 5.41) is 0. The molecule has 5 nitrogen and oxygen atoms in total. The van der Waals surface area contributed by atoms with Crippen molar-refractivity contribution in [1.29, 1.82) is 0 Å². The SMILES string of the molecule is O=C1c2ccccc2C(=O)N1C(Cc1ccccc1)c1nc2ccccc2[nH]1. The summed E-state index contributed by atoms with van der Waals surface area (Å²) < 4.78 is 0. The molecule has 28 heavy (non-hydrogen) atoms. The summed E-state index contributed by atoms with van der Waals surface area (Å²) in [4.78, 5) is 35.5. The lowest BCUT2D eigenvalue weighted by atomic mass is 10.0. The van der Waals surface area contributed by atoms with E-state index in [0.717, 1.165) is 16.6 Å². The molecular formula is C23H17N3O2. The number of fused-ring (bicyclic) bond motifs is 2. The zero-order valence-electron chi connectivity index (χ0n) is 15.0. The molecule has 0 saturated carbocycles. The molecule has 1 aliphatic heterocycles. The third-order valence-corrected chi connectivity index (χ3v) is 5.13. The highest BCUT2D eigenvalue weighted by molar-refractivity contribution is 6.21. The van der Waals surface area contributed by atoms with Crippen molar-refractivity contribution in [3.8, 4) is 0 Å². The first-order valence-electron chi connectivity index (χ1n) is 9.18. The minimum Gasteiger partial charge on any atom is -0.340 e. The fraction of sp³-hybridized carbons (Fsp3) is 0.0870. The number of imidazole rings is 1. The van der Waals surface area contributed by atoms with Gasteiger partial charge in [0.25, 0.3) is 11.8 Å². The number of nitrogens with zero attached hydrogens (tertiary/aromatic N) is 2. The van der Waals surface area contributed by atoms with Gasteiger partial charge < -0.3 is 4.98 Å². The van der Waals surface area contributed by atoms with Crippen LogP contribution in [0.2, 0.25) is 0 Å². The number of aromatic nitrogens is 2. The monoisotopic (exact) mass is 367 g/mol. The van der Waals surface area contributed by atoms with Gasteiger partial charge in [0.1, 0.15) is 11.9 Å². The number of para-hydroxylation sites is 2. The van der Waals surface area contributed by atoms with E-state index in [1.807, 2.05) is 54.6 Å². The number of aromatic amines is 1. The molecule has 0 fully saturated rings. The molecule has 136 valence electrons. The zero-order chi connectivity index (χ0) is 19.1. The normalized spacial score (nSPS) is 14.5. The van der Waals surface area contributed by atoms with Crippen molar-refractivity contribution in [3.05, 3.63) is 101 Å². The van der Waals surface area contributed by atoms with Gasteiger partial charge in [-0.05, 0) is 29.8 Å². The van der Waals surface area contributed by atoms with E-state index in [4.69, 9.17) is 0 Å². The standard InChI is InChI=1S/C23H17N3O2/c27-22-16-10-4-5-11-17(16)23(28)26(22)20(14-15-8-2-1-3-9-15)21-24-18-12-6-7-13-19(18)25-21/h1-13,20H,14H2,(H,24,25). The molecule has 1 unspecified atom stereocenters. The van der Waals surface area contributed by atoms with Crippen molar-refractivity contribution in [2.45, 2.75) is 12.5 Å². The number of hydrogen-bond acceptors (Lipinski definition) is 3. The summed E-state index contributed by atoms with van der Waals surface area (Å²) in [6.45, 7) is 0. The van der Waals surface area contributed by atoms with Gasteiger partial charge in [-0.15, -0.1) is 0 Å². The average molecular weight is 367 g/mol. The van der Waals surface area contributed by atoms with Crippen LogP contribution in [0.3, 0.4) is 0 Å². The number of H-pyrrole nitrogens is 1. The summed E-state index contributed by atoms with van der Waals surface area (Å²) in [5.74, 6) is 0.0588. The number of carbonyl (C=O) groups excluding carboxylic acids is 2. The highest BCUT2D eigenvalue weighted by atomic mass is 16.2. The third-order valence-electron chi connectivity index (χ3n) is 5.13. The molecule has 0 saturated heterocycles. The summed E-state index contributed by atoms with van der Waals surface area (Å²) in [6.07, 6.45) is 0.492. The van der Waals surface area contributed by atoms with Gasteiger partial charge in [-0.2, -0.15) is 0 Å². The molecule has 1 atom stereocenters. The first-order valence-corrected chi connectivity index (χ1v) is 9.18. The highest BCUT2D eigenvalue weighted by Gasteiger charge is 2.41. The maximum absolute atomic E-state index is 13.1. The maximum atomic E-state index is 13.1. The lowest BCUT2D eigenvalue weighted by Gasteiger charge is -2.24. The quantitative estimate of drug-likeness (QED) is 0.551. The van der Waals surface area contributed by atoms with E-state index in [1.54, 1.807) is 24.3 Å². The lowest BCUT2D eigenvalue weighted by Crippen LogP contribution is -2.36. The molecule has 5 rings (SSSR count). The van der Waals surface area contributed by atoms with Crippen LogP contribution in [0.5, 0.6) is 0 Å². The number of amides is 2. The fourth-order valence-electron chi connectivity index (χ4n) is 3.77. The zero-order valence-corrected chi connectivity index (χ0v) is 15.0. The van der Waals surface area contributed by atoms with Crippen molar-refractivity contribution in [2.24, 2.45) is 0 Å². The molecule has 1 N–H and O–H groups in total. The Labute approximate surface area is 161 Å². The number of imide groups is 1. The molecule has 5 heteroatoms. The Morgan fingerprint density at radius 1 is 0.786 bits per heavy atom. The topological polar surface area (TPSA) is 66.1 Å². The molecular weight excluding hydrogens is 350 g/mol. The molecule has 2 amide bonds. The fourth-order valence-corrected chi connectivity index (χ4v) is 3.77. The van der Waals surface area contributed by atoms with Gasteiger partial charge in [-0.25, -0.2) is 4.98 Å². The van der Waals surface area contributed by atoms with E-state index >= 15 is 0 Å². The Kier molecular flexibility index (Phi) is 3.79. The van der Waals surface area contributed by atoms with Crippen molar-refractivity contribution in [1.82, 2.24) is 14.9 Å².